The highest BCUT2D eigenvalue weighted by Gasteiger charge is 2.38. The molecule has 0 heterocycles. The number of hydrogen-bond donors (Lipinski definition) is 1. The van der Waals surface area contributed by atoms with Gasteiger partial charge in [-0.2, -0.15) is 0 Å². The minimum absolute atomic E-state index is 0.138. The molecule has 0 bridgehead atoms. The number of carbonyl (C=O) groups excluding carboxylic acids is 1. The Hall–Kier alpha value is -2.36. The summed E-state index contributed by atoms with van der Waals surface area (Å²) < 4.78 is 18.4. The van der Waals surface area contributed by atoms with Crippen molar-refractivity contribution in [3.05, 3.63) is 59.9 Å². The molecule has 22 heavy (non-hydrogen) atoms. The third-order valence-corrected chi connectivity index (χ3v) is 3.89. The van der Waals surface area contributed by atoms with Crippen molar-refractivity contribution < 1.29 is 13.9 Å². The van der Waals surface area contributed by atoms with Crippen LogP contribution in [-0.2, 0) is 11.3 Å². The second-order valence-corrected chi connectivity index (χ2v) is 5.74. The van der Waals surface area contributed by atoms with E-state index in [9.17, 15) is 9.18 Å². The number of rotatable bonds is 5. The molecule has 1 amide bonds. The second kappa shape index (κ2) is 6.18. The summed E-state index contributed by atoms with van der Waals surface area (Å²) in [5.74, 6) is 1.83. The number of carbonyl (C=O) groups is 1. The zero-order chi connectivity index (χ0) is 15.5. The smallest absolute Gasteiger partial charge is 0.223 e. The molecule has 2 atom stereocenters. The Labute approximate surface area is 129 Å². The van der Waals surface area contributed by atoms with Gasteiger partial charge in [-0.1, -0.05) is 19.1 Å². The van der Waals surface area contributed by atoms with E-state index in [1.165, 1.54) is 12.1 Å². The van der Waals surface area contributed by atoms with Crippen LogP contribution in [0.25, 0.3) is 0 Å². The molecule has 0 saturated heterocycles. The standard InChI is InChI=1S/C18H18FNO2/c1-12-10-17(12)18(21)20-11-13-2-6-15(7-3-13)22-16-8-4-14(19)5-9-16/h2-9,12,17H,10-11H2,1H3,(H,20,21)/t12-,17+/m0/s1. The van der Waals surface area contributed by atoms with Gasteiger partial charge in [0.2, 0.25) is 5.91 Å². The van der Waals surface area contributed by atoms with Gasteiger partial charge < -0.3 is 10.1 Å². The fraction of sp³-hybridized carbons (Fsp3) is 0.278. The number of hydrogen-bond acceptors (Lipinski definition) is 2. The van der Waals surface area contributed by atoms with Crippen molar-refractivity contribution in [3.8, 4) is 11.5 Å². The summed E-state index contributed by atoms with van der Waals surface area (Å²) in [5, 5.41) is 2.95. The minimum Gasteiger partial charge on any atom is -0.457 e. The van der Waals surface area contributed by atoms with E-state index in [-0.39, 0.29) is 17.6 Å². The molecule has 0 unspecified atom stereocenters. The van der Waals surface area contributed by atoms with Gasteiger partial charge in [0.1, 0.15) is 17.3 Å². The summed E-state index contributed by atoms with van der Waals surface area (Å²) in [6.45, 7) is 2.62. The van der Waals surface area contributed by atoms with Crippen LogP contribution in [0.3, 0.4) is 0 Å². The molecule has 114 valence electrons. The van der Waals surface area contributed by atoms with Crippen molar-refractivity contribution in [1.29, 1.82) is 0 Å². The first-order valence-electron chi connectivity index (χ1n) is 7.42. The van der Waals surface area contributed by atoms with Crippen molar-refractivity contribution >= 4 is 5.91 Å². The molecule has 0 radical (unpaired) electrons. The monoisotopic (exact) mass is 299 g/mol. The zero-order valence-corrected chi connectivity index (χ0v) is 12.4. The number of benzene rings is 2. The van der Waals surface area contributed by atoms with Crippen LogP contribution in [0.4, 0.5) is 4.39 Å². The van der Waals surface area contributed by atoms with Gasteiger partial charge in [-0.15, -0.1) is 0 Å². The molecule has 1 fully saturated rings. The molecule has 1 N–H and O–H groups in total. The maximum absolute atomic E-state index is 12.8. The largest absolute Gasteiger partial charge is 0.457 e. The topological polar surface area (TPSA) is 38.3 Å². The summed E-state index contributed by atoms with van der Waals surface area (Å²) in [6.07, 6.45) is 0.996. The average molecular weight is 299 g/mol. The van der Waals surface area contributed by atoms with Crippen LogP contribution < -0.4 is 10.1 Å². The van der Waals surface area contributed by atoms with Gasteiger partial charge >= 0.3 is 0 Å². The van der Waals surface area contributed by atoms with E-state index in [1.807, 2.05) is 24.3 Å². The molecule has 1 aliphatic rings. The molecule has 4 heteroatoms. The lowest BCUT2D eigenvalue weighted by atomic mass is 10.2. The van der Waals surface area contributed by atoms with Crippen LogP contribution in [0.1, 0.15) is 18.9 Å². The van der Waals surface area contributed by atoms with Crippen LogP contribution in [0.5, 0.6) is 11.5 Å². The maximum atomic E-state index is 12.8. The van der Waals surface area contributed by atoms with Gasteiger partial charge in [-0.25, -0.2) is 4.39 Å². The molecular weight excluding hydrogens is 281 g/mol. The number of amides is 1. The van der Waals surface area contributed by atoms with Gasteiger partial charge in [0.25, 0.3) is 0 Å². The first-order chi connectivity index (χ1) is 10.6. The van der Waals surface area contributed by atoms with Gasteiger partial charge in [0.05, 0.1) is 0 Å². The maximum Gasteiger partial charge on any atom is 0.223 e. The predicted molar refractivity (Wildman–Crippen MR) is 82.0 cm³/mol. The highest BCUT2D eigenvalue weighted by molar-refractivity contribution is 5.81. The van der Waals surface area contributed by atoms with Crippen molar-refractivity contribution in [3.63, 3.8) is 0 Å². The van der Waals surface area contributed by atoms with Crippen LogP contribution >= 0.6 is 0 Å². The quantitative estimate of drug-likeness (QED) is 0.909. The van der Waals surface area contributed by atoms with E-state index in [4.69, 9.17) is 4.74 Å². The van der Waals surface area contributed by atoms with Gasteiger partial charge in [-0.05, 0) is 54.3 Å². The molecular formula is C18H18FNO2. The van der Waals surface area contributed by atoms with E-state index < -0.39 is 0 Å². The van der Waals surface area contributed by atoms with E-state index in [0.717, 1.165) is 12.0 Å². The van der Waals surface area contributed by atoms with Gasteiger partial charge in [0.15, 0.2) is 0 Å². The van der Waals surface area contributed by atoms with Crippen LogP contribution in [0.15, 0.2) is 48.5 Å². The Morgan fingerprint density at radius 3 is 2.23 bits per heavy atom. The Morgan fingerprint density at radius 1 is 1.14 bits per heavy atom. The Kier molecular flexibility index (Phi) is 4.09. The second-order valence-electron chi connectivity index (χ2n) is 5.74. The molecule has 1 saturated carbocycles. The van der Waals surface area contributed by atoms with E-state index in [2.05, 4.69) is 12.2 Å². The molecule has 0 spiro atoms. The lowest BCUT2D eigenvalue weighted by Gasteiger charge is -2.08. The lowest BCUT2D eigenvalue weighted by molar-refractivity contribution is -0.122. The summed E-state index contributed by atoms with van der Waals surface area (Å²) in [6, 6.07) is 13.4. The number of halogens is 1. The molecule has 0 aliphatic heterocycles. The van der Waals surface area contributed by atoms with Crippen LogP contribution in [0, 0.1) is 17.7 Å². The molecule has 2 aromatic carbocycles. The van der Waals surface area contributed by atoms with Crippen molar-refractivity contribution in [2.45, 2.75) is 19.9 Å². The average Bonchev–Trinajstić information content (AvgIpc) is 3.26. The summed E-state index contributed by atoms with van der Waals surface area (Å²) in [5.41, 5.74) is 1.02. The molecule has 3 nitrogen and oxygen atoms in total. The third kappa shape index (κ3) is 3.64. The lowest BCUT2D eigenvalue weighted by Crippen LogP contribution is -2.24. The van der Waals surface area contributed by atoms with E-state index in [0.29, 0.717) is 24.0 Å². The minimum atomic E-state index is -0.288. The highest BCUT2D eigenvalue weighted by atomic mass is 19.1. The molecule has 0 aromatic heterocycles. The molecule has 3 rings (SSSR count). The summed E-state index contributed by atoms with van der Waals surface area (Å²) in [4.78, 5) is 11.8. The summed E-state index contributed by atoms with van der Waals surface area (Å²) in [7, 11) is 0. The first kappa shape index (κ1) is 14.6. The first-order valence-corrected chi connectivity index (χ1v) is 7.42. The fourth-order valence-electron chi connectivity index (χ4n) is 2.32. The van der Waals surface area contributed by atoms with Crippen molar-refractivity contribution in [2.24, 2.45) is 11.8 Å². The number of ether oxygens (including phenoxy) is 1. The van der Waals surface area contributed by atoms with Gasteiger partial charge in [-0.3, -0.25) is 4.79 Å². The number of nitrogens with one attached hydrogen (secondary N) is 1. The highest BCUT2D eigenvalue weighted by Crippen LogP contribution is 2.37. The third-order valence-electron chi connectivity index (χ3n) is 3.89. The molecule has 1 aliphatic carbocycles. The van der Waals surface area contributed by atoms with Crippen molar-refractivity contribution in [1.82, 2.24) is 5.32 Å². The fourth-order valence-corrected chi connectivity index (χ4v) is 2.32. The summed E-state index contributed by atoms with van der Waals surface area (Å²) >= 11 is 0. The predicted octanol–water partition coefficient (Wildman–Crippen LogP) is 3.89. The van der Waals surface area contributed by atoms with Crippen molar-refractivity contribution in [2.75, 3.05) is 0 Å². The van der Waals surface area contributed by atoms with E-state index in [1.54, 1.807) is 12.1 Å². The normalized spacial score (nSPS) is 19.5. The van der Waals surface area contributed by atoms with Crippen LogP contribution in [-0.4, -0.2) is 5.91 Å². The zero-order valence-electron chi connectivity index (χ0n) is 12.4. The Bertz CT molecular complexity index is 652. The Balaban J connectivity index is 1.53. The van der Waals surface area contributed by atoms with E-state index >= 15 is 0 Å². The SMILES string of the molecule is C[C@H]1C[C@H]1C(=O)NCc1ccc(Oc2ccc(F)cc2)cc1. The molecule has 2 aromatic rings. The Morgan fingerprint density at radius 2 is 1.68 bits per heavy atom. The van der Waals surface area contributed by atoms with Crippen LogP contribution in [0.2, 0.25) is 0 Å². The van der Waals surface area contributed by atoms with Gasteiger partial charge in [0, 0.05) is 12.5 Å².